The van der Waals surface area contributed by atoms with Gasteiger partial charge in [-0.2, -0.15) is 0 Å². The van der Waals surface area contributed by atoms with E-state index in [0.717, 1.165) is 23.0 Å². The average Bonchev–Trinajstić information content (AvgIpc) is 3.97. The molecule has 0 bridgehead atoms. The van der Waals surface area contributed by atoms with Crippen LogP contribution in [0, 0.1) is 36.7 Å². The van der Waals surface area contributed by atoms with Crippen LogP contribution in [-0.4, -0.2) is 90.2 Å². The second kappa shape index (κ2) is 27.4. The fourth-order valence-electron chi connectivity index (χ4n) is 3.29. The molecule has 2 aliphatic carbocycles. The Hall–Kier alpha value is -3.30. The molecule has 3 aromatic carbocycles. The standard InChI is InChI=1S/C11H11FO.C10H12FNO2.C7H7F.C5H9NO4.C3H5.BrH.Mg/c12-10-4-2-1-3-9(10)7-11(13)8-5-6-8;1-12(14-2)10(13)7-8-5-3-4-6-9(8)11;1-6-4-2-3-5-7(6)8;1-6(10-2)4(7)3-5(8)9;1-2-3-1;;/h1-4,8H,5-7H2;3-6H,7H2,1-2H3;2-5H,1H3;3H2,1-2H3,(H,8,9);1H,2-3H2;1H;/q;;;;-1;;+2/p-1. The first-order chi connectivity index (χ1) is 22.8. The molecule has 14 heteroatoms. The first-order valence-electron chi connectivity index (χ1n) is 15.2. The molecule has 3 aromatic rings. The molecule has 5 rings (SSSR count). The minimum Gasteiger partial charge on any atom is -1.00 e. The van der Waals surface area contributed by atoms with Gasteiger partial charge in [0.25, 0.3) is 5.91 Å². The van der Waals surface area contributed by atoms with E-state index in [9.17, 15) is 32.3 Å². The van der Waals surface area contributed by atoms with Crippen LogP contribution in [0.15, 0.2) is 72.8 Å². The number of hydrogen-bond donors (Lipinski definition) is 1. The van der Waals surface area contributed by atoms with Crippen molar-refractivity contribution in [2.24, 2.45) is 5.92 Å². The normalized spacial score (nSPS) is 11.6. The van der Waals surface area contributed by atoms with Crippen molar-refractivity contribution in [3.8, 4) is 0 Å². The Bertz CT molecular complexity index is 1440. The van der Waals surface area contributed by atoms with Crippen LogP contribution in [-0.2, 0) is 41.7 Å². The molecule has 0 heterocycles. The third-order valence-electron chi connectivity index (χ3n) is 6.57. The third-order valence-corrected chi connectivity index (χ3v) is 6.57. The van der Waals surface area contributed by atoms with Gasteiger partial charge in [0, 0.05) is 26.4 Å². The molecular formula is C36H44BrF3MgN2O7. The van der Waals surface area contributed by atoms with Gasteiger partial charge < -0.3 is 28.5 Å². The Morgan fingerprint density at radius 2 is 1.14 bits per heavy atom. The van der Waals surface area contributed by atoms with E-state index in [-0.39, 0.29) is 87.9 Å². The summed E-state index contributed by atoms with van der Waals surface area (Å²) in [7, 11) is 5.52. The summed E-state index contributed by atoms with van der Waals surface area (Å²) < 4.78 is 38.5. The van der Waals surface area contributed by atoms with Crippen LogP contribution in [0.3, 0.4) is 0 Å². The number of nitrogens with zero attached hydrogens (tertiary/aromatic N) is 2. The number of likely N-dealkylation sites (N-methyl/N-ethyl adjacent to an activating group) is 1. The molecule has 0 atom stereocenters. The summed E-state index contributed by atoms with van der Waals surface area (Å²) in [6.07, 6.45) is 6.72. The second-order valence-electron chi connectivity index (χ2n) is 10.6. The maximum Gasteiger partial charge on any atom is 2.00 e. The zero-order valence-corrected chi connectivity index (χ0v) is 32.0. The Kier molecular flexibility index (Phi) is 26.8. The number of aliphatic carboxylic acids is 1. The number of carbonyl (C=O) groups excluding carboxylic acids is 3. The Balaban J connectivity index is 0. The number of aryl methyl sites for hydroxylation is 1. The van der Waals surface area contributed by atoms with Crippen LogP contribution in [0.4, 0.5) is 13.2 Å². The maximum absolute atomic E-state index is 13.1. The molecule has 270 valence electrons. The Morgan fingerprint density at radius 1 is 0.740 bits per heavy atom. The molecule has 2 aliphatic rings. The number of carboxylic acid groups (broad SMARTS) is 1. The minimum atomic E-state index is -1.16. The number of hydroxylamine groups is 4. The number of halogens is 4. The van der Waals surface area contributed by atoms with Gasteiger partial charge in [-0.25, -0.2) is 36.1 Å². The minimum absolute atomic E-state index is 0. The van der Waals surface area contributed by atoms with E-state index in [0.29, 0.717) is 16.7 Å². The Morgan fingerprint density at radius 3 is 1.48 bits per heavy atom. The number of carboxylic acids is 1. The van der Waals surface area contributed by atoms with Crippen LogP contribution in [0.25, 0.3) is 0 Å². The monoisotopic (exact) mass is 776 g/mol. The van der Waals surface area contributed by atoms with E-state index in [1.807, 2.05) is 6.07 Å². The van der Waals surface area contributed by atoms with Gasteiger partial charge in [-0.3, -0.25) is 28.9 Å². The zero-order valence-electron chi connectivity index (χ0n) is 29.0. The van der Waals surface area contributed by atoms with Crippen LogP contribution >= 0.6 is 0 Å². The SMILES string of the molecule is CON(C)C(=O)CC(=O)O.CON(C)C(=O)Cc1ccccc1F.Cc1ccccc1F.O=C(Cc1ccccc1F)C1CC1.[Br-].[CH-]1CC1.[Mg+2]. The molecule has 2 saturated carbocycles. The molecular weight excluding hydrogens is 734 g/mol. The summed E-state index contributed by atoms with van der Waals surface area (Å²) in [5.41, 5.74) is 1.60. The molecule has 0 radical (unpaired) electrons. The predicted octanol–water partition coefficient (Wildman–Crippen LogP) is 2.96. The molecule has 0 unspecified atom stereocenters. The van der Waals surface area contributed by atoms with Gasteiger partial charge in [0.2, 0.25) is 5.91 Å². The van der Waals surface area contributed by atoms with Crippen molar-refractivity contribution in [2.45, 2.75) is 51.9 Å². The third kappa shape index (κ3) is 22.4. The average molecular weight is 778 g/mol. The summed E-state index contributed by atoms with van der Waals surface area (Å²) in [6.45, 7) is 1.75. The molecule has 50 heavy (non-hydrogen) atoms. The van der Waals surface area contributed by atoms with Crippen molar-refractivity contribution in [1.29, 1.82) is 0 Å². The number of ketones is 1. The largest absolute Gasteiger partial charge is 2.00 e. The first kappa shape index (κ1) is 48.8. The fourth-order valence-corrected chi connectivity index (χ4v) is 3.29. The van der Waals surface area contributed by atoms with Crippen molar-refractivity contribution in [3.05, 3.63) is 113 Å². The van der Waals surface area contributed by atoms with Crippen molar-refractivity contribution in [2.75, 3.05) is 28.3 Å². The number of carbonyl (C=O) groups is 4. The quantitative estimate of drug-likeness (QED) is 0.154. The number of benzene rings is 3. The molecule has 1 N–H and O–H groups in total. The molecule has 9 nitrogen and oxygen atoms in total. The zero-order chi connectivity index (χ0) is 36.1. The number of amides is 2. The van der Waals surface area contributed by atoms with Crippen molar-refractivity contribution >= 4 is 46.6 Å². The number of hydrogen-bond acceptors (Lipinski definition) is 6. The first-order valence-corrected chi connectivity index (χ1v) is 15.2. The summed E-state index contributed by atoms with van der Waals surface area (Å²) in [5.74, 6) is -2.37. The second-order valence-corrected chi connectivity index (χ2v) is 10.6. The van der Waals surface area contributed by atoms with Crippen LogP contribution in [0.2, 0.25) is 0 Å². The summed E-state index contributed by atoms with van der Waals surface area (Å²) in [6, 6.07) is 19.4. The van der Waals surface area contributed by atoms with E-state index in [1.54, 1.807) is 55.5 Å². The molecule has 0 aliphatic heterocycles. The van der Waals surface area contributed by atoms with Gasteiger partial charge in [0.1, 0.15) is 29.7 Å². The summed E-state index contributed by atoms with van der Waals surface area (Å²) >= 11 is 0. The van der Waals surface area contributed by atoms with E-state index < -0.39 is 18.3 Å². The van der Waals surface area contributed by atoms with Gasteiger partial charge in [0.05, 0.1) is 20.6 Å². The number of rotatable bonds is 9. The topological polar surface area (TPSA) is 113 Å². The van der Waals surface area contributed by atoms with Crippen molar-refractivity contribution < 1.29 is 64.1 Å². The predicted molar refractivity (Wildman–Crippen MR) is 180 cm³/mol. The number of Topliss-reactive ketones (excluding diaryl/α,β-unsaturated/α-hetero) is 1. The smallest absolute Gasteiger partial charge is 1.00 e. The Labute approximate surface area is 319 Å². The van der Waals surface area contributed by atoms with Gasteiger partial charge in [0.15, 0.2) is 0 Å². The van der Waals surface area contributed by atoms with Crippen LogP contribution in [0.1, 0.15) is 48.8 Å². The van der Waals surface area contributed by atoms with Crippen molar-refractivity contribution in [3.63, 3.8) is 0 Å². The van der Waals surface area contributed by atoms with Crippen LogP contribution in [0.5, 0.6) is 0 Å². The van der Waals surface area contributed by atoms with Gasteiger partial charge in [-0.15, -0.1) is 0 Å². The van der Waals surface area contributed by atoms with E-state index in [4.69, 9.17) is 5.11 Å². The molecule has 2 amide bonds. The molecule has 0 aromatic heterocycles. The van der Waals surface area contributed by atoms with Crippen LogP contribution < -0.4 is 17.0 Å². The molecule has 2 fully saturated rings. The van der Waals surface area contributed by atoms with Gasteiger partial charge >= 0.3 is 29.0 Å². The van der Waals surface area contributed by atoms with E-state index in [1.165, 1.54) is 59.4 Å². The van der Waals surface area contributed by atoms with Crippen molar-refractivity contribution in [1.82, 2.24) is 10.1 Å². The fraction of sp³-hybridized carbons (Fsp3) is 0.361. The van der Waals surface area contributed by atoms with Gasteiger partial charge in [-0.05, 0) is 54.7 Å². The van der Waals surface area contributed by atoms with Gasteiger partial charge in [-0.1, -0.05) is 54.6 Å². The van der Waals surface area contributed by atoms with E-state index in [2.05, 4.69) is 16.1 Å². The maximum atomic E-state index is 13.1. The summed E-state index contributed by atoms with van der Waals surface area (Å²) in [4.78, 5) is 52.3. The van der Waals surface area contributed by atoms with E-state index >= 15 is 0 Å². The summed E-state index contributed by atoms with van der Waals surface area (Å²) in [5, 5.41) is 10.1. The molecule has 0 saturated heterocycles. The molecule has 0 spiro atoms.